The SMILES string of the molecule is CN(C)C(=O)CN=C(NCC1CCCO1)NCC1(C)CCCS1.I. The number of likely N-dealkylation sites (N-methyl/N-ethyl adjacent to an activating group) is 1. The monoisotopic (exact) mass is 470 g/mol. The van der Waals surface area contributed by atoms with Crippen LogP contribution >= 0.6 is 35.7 Å². The molecule has 2 rings (SSSR count). The van der Waals surface area contributed by atoms with Gasteiger partial charge in [-0.25, -0.2) is 4.99 Å². The van der Waals surface area contributed by atoms with Crippen molar-refractivity contribution in [3.63, 3.8) is 0 Å². The number of hydrogen-bond donors (Lipinski definition) is 2. The molecule has 2 heterocycles. The van der Waals surface area contributed by atoms with Crippen molar-refractivity contribution in [1.29, 1.82) is 0 Å². The van der Waals surface area contributed by atoms with Crippen molar-refractivity contribution in [2.75, 3.05) is 46.1 Å². The minimum atomic E-state index is 0. The number of thioether (sulfide) groups is 1. The second kappa shape index (κ2) is 10.7. The zero-order chi connectivity index (χ0) is 16.7. The van der Waals surface area contributed by atoms with Crippen LogP contribution in [0.15, 0.2) is 4.99 Å². The quantitative estimate of drug-likeness (QED) is 0.352. The third-order valence-electron chi connectivity index (χ3n) is 4.32. The number of rotatable bonds is 6. The normalized spacial score (nSPS) is 26.8. The highest BCUT2D eigenvalue weighted by atomic mass is 127. The molecule has 1 amide bonds. The number of amides is 1. The van der Waals surface area contributed by atoms with Crippen LogP contribution in [0.2, 0.25) is 0 Å². The van der Waals surface area contributed by atoms with Gasteiger partial charge in [-0.3, -0.25) is 4.79 Å². The van der Waals surface area contributed by atoms with Gasteiger partial charge in [0.05, 0.1) is 6.10 Å². The molecule has 0 aromatic heterocycles. The van der Waals surface area contributed by atoms with Crippen LogP contribution in [0.4, 0.5) is 0 Å². The molecule has 2 aliphatic heterocycles. The van der Waals surface area contributed by atoms with Crippen LogP contribution in [-0.4, -0.2) is 73.7 Å². The summed E-state index contributed by atoms with van der Waals surface area (Å²) < 4.78 is 5.90. The van der Waals surface area contributed by atoms with Crippen molar-refractivity contribution in [3.05, 3.63) is 0 Å². The Morgan fingerprint density at radius 2 is 2.17 bits per heavy atom. The van der Waals surface area contributed by atoms with Crippen LogP contribution in [0.5, 0.6) is 0 Å². The average Bonchev–Trinajstić information content (AvgIpc) is 3.18. The number of carbonyl (C=O) groups excluding carboxylic acids is 1. The summed E-state index contributed by atoms with van der Waals surface area (Å²) in [5.74, 6) is 1.95. The van der Waals surface area contributed by atoms with Gasteiger partial charge in [-0.15, -0.1) is 24.0 Å². The molecule has 2 saturated heterocycles. The lowest BCUT2D eigenvalue weighted by atomic mass is 10.1. The highest BCUT2D eigenvalue weighted by Crippen LogP contribution is 2.36. The van der Waals surface area contributed by atoms with E-state index in [1.807, 2.05) is 11.8 Å². The van der Waals surface area contributed by atoms with Crippen molar-refractivity contribution in [1.82, 2.24) is 15.5 Å². The number of ether oxygens (including phenoxy) is 1. The molecule has 0 aliphatic carbocycles. The van der Waals surface area contributed by atoms with Gasteiger partial charge in [0.15, 0.2) is 5.96 Å². The molecular formula is C16H31IN4O2S. The smallest absolute Gasteiger partial charge is 0.243 e. The summed E-state index contributed by atoms with van der Waals surface area (Å²) in [7, 11) is 3.50. The van der Waals surface area contributed by atoms with Gasteiger partial charge in [-0.2, -0.15) is 11.8 Å². The summed E-state index contributed by atoms with van der Waals surface area (Å²) in [4.78, 5) is 17.8. The molecule has 2 atom stereocenters. The predicted molar refractivity (Wildman–Crippen MR) is 111 cm³/mol. The molecule has 0 saturated carbocycles. The third-order valence-corrected chi connectivity index (χ3v) is 5.86. The lowest BCUT2D eigenvalue weighted by Crippen LogP contribution is -2.46. The number of hydrogen-bond acceptors (Lipinski definition) is 4. The number of guanidine groups is 1. The van der Waals surface area contributed by atoms with E-state index in [0.29, 0.717) is 5.96 Å². The van der Waals surface area contributed by atoms with E-state index in [9.17, 15) is 4.79 Å². The van der Waals surface area contributed by atoms with E-state index in [-0.39, 0.29) is 47.3 Å². The minimum Gasteiger partial charge on any atom is -0.376 e. The maximum atomic E-state index is 11.8. The maximum Gasteiger partial charge on any atom is 0.243 e. The Labute approximate surface area is 166 Å². The van der Waals surface area contributed by atoms with E-state index in [2.05, 4.69) is 22.5 Å². The molecule has 2 N–H and O–H groups in total. The van der Waals surface area contributed by atoms with Gasteiger partial charge < -0.3 is 20.3 Å². The minimum absolute atomic E-state index is 0. The molecule has 2 unspecified atom stereocenters. The standard InChI is InChI=1S/C16H30N4O2S.HI/c1-16(7-5-9-23-16)12-19-15(18-11-14(21)20(2)3)17-10-13-6-4-8-22-13;/h13H,4-12H2,1-3H3,(H2,17,18,19);1H. The zero-order valence-electron chi connectivity index (χ0n) is 15.0. The largest absolute Gasteiger partial charge is 0.376 e. The molecule has 24 heavy (non-hydrogen) atoms. The number of halogens is 1. The maximum absolute atomic E-state index is 11.8. The van der Waals surface area contributed by atoms with Crippen molar-refractivity contribution in [2.45, 2.75) is 43.5 Å². The van der Waals surface area contributed by atoms with E-state index < -0.39 is 0 Å². The summed E-state index contributed by atoms with van der Waals surface area (Å²) in [6, 6.07) is 0. The first kappa shape index (κ1) is 21.8. The Morgan fingerprint density at radius 3 is 2.75 bits per heavy atom. The predicted octanol–water partition coefficient (Wildman–Crippen LogP) is 1.69. The van der Waals surface area contributed by atoms with Crippen molar-refractivity contribution in [3.8, 4) is 0 Å². The van der Waals surface area contributed by atoms with E-state index in [1.165, 1.54) is 18.6 Å². The van der Waals surface area contributed by atoms with E-state index >= 15 is 0 Å². The van der Waals surface area contributed by atoms with E-state index in [4.69, 9.17) is 4.74 Å². The van der Waals surface area contributed by atoms with E-state index in [1.54, 1.807) is 19.0 Å². The van der Waals surface area contributed by atoms with E-state index in [0.717, 1.165) is 32.5 Å². The van der Waals surface area contributed by atoms with Gasteiger partial charge in [-0.1, -0.05) is 0 Å². The molecule has 140 valence electrons. The van der Waals surface area contributed by atoms with Crippen LogP contribution in [-0.2, 0) is 9.53 Å². The molecular weight excluding hydrogens is 439 g/mol. The Morgan fingerprint density at radius 1 is 1.38 bits per heavy atom. The Bertz CT molecular complexity index is 422. The molecule has 0 bridgehead atoms. The zero-order valence-corrected chi connectivity index (χ0v) is 18.1. The molecule has 0 radical (unpaired) electrons. The summed E-state index contributed by atoms with van der Waals surface area (Å²) >= 11 is 2.01. The molecule has 6 nitrogen and oxygen atoms in total. The second-order valence-electron chi connectivity index (χ2n) is 6.72. The highest BCUT2D eigenvalue weighted by molar-refractivity contribution is 14.0. The lowest BCUT2D eigenvalue weighted by Gasteiger charge is -2.25. The molecule has 2 aliphatic rings. The third kappa shape index (κ3) is 7.35. The van der Waals surface area contributed by atoms with Crippen LogP contribution in [0.3, 0.4) is 0 Å². The van der Waals surface area contributed by atoms with Crippen LogP contribution in [0.25, 0.3) is 0 Å². The van der Waals surface area contributed by atoms with Gasteiger partial charge in [0.1, 0.15) is 6.54 Å². The van der Waals surface area contributed by atoms with Gasteiger partial charge >= 0.3 is 0 Å². The Hall–Kier alpha value is -0.220. The number of nitrogens with one attached hydrogen (secondary N) is 2. The topological polar surface area (TPSA) is 66.0 Å². The van der Waals surface area contributed by atoms with Crippen molar-refractivity contribution >= 4 is 47.6 Å². The fourth-order valence-corrected chi connectivity index (χ4v) is 3.97. The summed E-state index contributed by atoms with van der Waals surface area (Å²) in [6.07, 6.45) is 4.96. The highest BCUT2D eigenvalue weighted by Gasteiger charge is 2.29. The van der Waals surface area contributed by atoms with Gasteiger partial charge in [-0.05, 0) is 38.4 Å². The van der Waals surface area contributed by atoms with Crippen LogP contribution < -0.4 is 10.6 Å². The first-order valence-electron chi connectivity index (χ1n) is 8.46. The number of carbonyl (C=O) groups is 1. The average molecular weight is 470 g/mol. The summed E-state index contributed by atoms with van der Waals surface area (Å²) in [6.45, 7) is 4.91. The molecule has 2 fully saturated rings. The van der Waals surface area contributed by atoms with Crippen LogP contribution in [0, 0.1) is 0 Å². The fraction of sp³-hybridized carbons (Fsp3) is 0.875. The van der Waals surface area contributed by atoms with Crippen LogP contribution in [0.1, 0.15) is 32.6 Å². The summed E-state index contributed by atoms with van der Waals surface area (Å²) in [5, 5.41) is 6.74. The molecule has 0 aromatic carbocycles. The van der Waals surface area contributed by atoms with Crippen molar-refractivity contribution in [2.24, 2.45) is 4.99 Å². The second-order valence-corrected chi connectivity index (χ2v) is 8.41. The molecule has 0 spiro atoms. The first-order chi connectivity index (χ1) is 11.0. The Balaban J connectivity index is 0.00000288. The first-order valence-corrected chi connectivity index (χ1v) is 9.45. The number of aliphatic imine (C=N–C) groups is 1. The Kier molecular flexibility index (Phi) is 9.73. The van der Waals surface area contributed by atoms with Gasteiger partial charge in [0.2, 0.25) is 5.91 Å². The van der Waals surface area contributed by atoms with Gasteiger partial charge in [0.25, 0.3) is 0 Å². The van der Waals surface area contributed by atoms with Crippen molar-refractivity contribution < 1.29 is 9.53 Å². The lowest BCUT2D eigenvalue weighted by molar-refractivity contribution is -0.127. The number of nitrogens with zero attached hydrogens (tertiary/aromatic N) is 2. The fourth-order valence-electron chi connectivity index (χ4n) is 2.73. The molecule has 0 aromatic rings. The van der Waals surface area contributed by atoms with Gasteiger partial charge in [0, 0.05) is 38.5 Å². The summed E-state index contributed by atoms with van der Waals surface area (Å²) in [5.41, 5.74) is 0. The molecule has 8 heteroatoms.